The molecular formula is C29H42N4O4. The smallest absolute Gasteiger partial charge is 0.412 e. The van der Waals surface area contributed by atoms with Gasteiger partial charge in [0.1, 0.15) is 5.60 Å². The van der Waals surface area contributed by atoms with Crippen molar-refractivity contribution in [1.29, 1.82) is 0 Å². The predicted octanol–water partition coefficient (Wildman–Crippen LogP) is 4.95. The highest BCUT2D eigenvalue weighted by Crippen LogP contribution is 2.26. The number of nitrogens with one attached hydrogen (secondary N) is 2. The number of hydrogen-bond donors (Lipinski definition) is 3. The number of carbonyl (C=O) groups excluding carboxylic acids is 2. The lowest BCUT2D eigenvalue weighted by molar-refractivity contribution is -0.0279. The number of para-hydroxylation sites is 2. The topological polar surface area (TPSA) is 94.1 Å². The van der Waals surface area contributed by atoms with E-state index < -0.39 is 17.3 Å². The van der Waals surface area contributed by atoms with E-state index in [9.17, 15) is 14.7 Å². The Morgan fingerprint density at radius 2 is 1.54 bits per heavy atom. The third-order valence-corrected chi connectivity index (χ3v) is 6.16. The first-order valence-corrected chi connectivity index (χ1v) is 12.8. The molecule has 1 aliphatic rings. The maximum Gasteiger partial charge on any atom is 0.412 e. The second-order valence-corrected chi connectivity index (χ2v) is 12.1. The van der Waals surface area contributed by atoms with Gasteiger partial charge in [-0.25, -0.2) is 4.79 Å². The van der Waals surface area contributed by atoms with Crippen LogP contribution in [-0.4, -0.2) is 69.8 Å². The molecular weight excluding hydrogens is 468 g/mol. The van der Waals surface area contributed by atoms with Crippen LogP contribution in [0.3, 0.4) is 0 Å². The summed E-state index contributed by atoms with van der Waals surface area (Å²) in [5, 5.41) is 15.8. The van der Waals surface area contributed by atoms with E-state index in [-0.39, 0.29) is 11.4 Å². The molecule has 3 N–H and O–H groups in total. The van der Waals surface area contributed by atoms with Crippen molar-refractivity contribution in [2.75, 3.05) is 36.8 Å². The number of β-amino-alcohol motifs (C(OH)–C–C–N with tert-alkyl or cyclic N) is 1. The van der Waals surface area contributed by atoms with Gasteiger partial charge in [-0.05, 0) is 78.3 Å². The normalized spacial score (nSPS) is 16.8. The second kappa shape index (κ2) is 11.2. The standard InChI is InChI=1S/C29H42N4O4/c1-27(2,3)37-26(35)31-24-11-9-8-10-23(24)30-25(34)22-14-12-21(13-15-22)18-33-17-16-32(19-28(33,4)5)20-29(6,7)36/h8-15,36H,16-20H2,1-7H3,(H,30,34)(H,31,35). The molecule has 37 heavy (non-hydrogen) atoms. The van der Waals surface area contributed by atoms with Crippen molar-refractivity contribution in [1.82, 2.24) is 9.80 Å². The maximum absolute atomic E-state index is 12.9. The molecule has 8 heteroatoms. The van der Waals surface area contributed by atoms with Crippen LogP contribution in [0.5, 0.6) is 0 Å². The molecule has 1 fully saturated rings. The van der Waals surface area contributed by atoms with Crippen molar-refractivity contribution < 1.29 is 19.4 Å². The fourth-order valence-electron chi connectivity index (χ4n) is 4.56. The SMILES string of the molecule is CC(C)(O)CN1CCN(Cc2ccc(C(=O)Nc3ccccc3NC(=O)OC(C)(C)C)cc2)C(C)(C)C1. The number of benzene rings is 2. The molecule has 0 radical (unpaired) electrons. The van der Waals surface area contributed by atoms with Crippen molar-refractivity contribution in [2.45, 2.75) is 71.8 Å². The van der Waals surface area contributed by atoms with E-state index in [0.29, 0.717) is 23.5 Å². The predicted molar refractivity (Wildman–Crippen MR) is 148 cm³/mol. The van der Waals surface area contributed by atoms with Crippen LogP contribution >= 0.6 is 0 Å². The average molecular weight is 511 g/mol. The quantitative estimate of drug-likeness (QED) is 0.488. The van der Waals surface area contributed by atoms with Gasteiger partial charge in [-0.15, -0.1) is 0 Å². The van der Waals surface area contributed by atoms with Crippen LogP contribution in [-0.2, 0) is 11.3 Å². The molecule has 1 saturated heterocycles. The number of hydrogen-bond acceptors (Lipinski definition) is 6. The highest BCUT2D eigenvalue weighted by atomic mass is 16.6. The minimum atomic E-state index is -0.707. The Morgan fingerprint density at radius 3 is 2.08 bits per heavy atom. The molecule has 0 bridgehead atoms. The Kier molecular flexibility index (Phi) is 8.67. The maximum atomic E-state index is 12.9. The number of nitrogens with zero attached hydrogens (tertiary/aromatic N) is 2. The summed E-state index contributed by atoms with van der Waals surface area (Å²) >= 11 is 0. The molecule has 8 nitrogen and oxygen atoms in total. The molecule has 2 amide bonds. The van der Waals surface area contributed by atoms with Crippen LogP contribution in [0.2, 0.25) is 0 Å². The molecule has 0 spiro atoms. The Balaban J connectivity index is 1.61. The average Bonchev–Trinajstić information content (AvgIpc) is 2.74. The Bertz CT molecular complexity index is 1080. The Labute approximate surface area is 221 Å². The zero-order valence-electron chi connectivity index (χ0n) is 23.2. The van der Waals surface area contributed by atoms with E-state index in [0.717, 1.165) is 31.7 Å². The summed E-state index contributed by atoms with van der Waals surface area (Å²) < 4.78 is 5.32. The molecule has 1 heterocycles. The number of aliphatic hydroxyl groups is 1. The summed E-state index contributed by atoms with van der Waals surface area (Å²) in [4.78, 5) is 29.9. The van der Waals surface area contributed by atoms with Gasteiger partial charge in [-0.3, -0.25) is 19.9 Å². The van der Waals surface area contributed by atoms with Crippen molar-refractivity contribution in [3.8, 4) is 0 Å². The van der Waals surface area contributed by atoms with E-state index in [1.54, 1.807) is 45.0 Å². The monoisotopic (exact) mass is 510 g/mol. The Morgan fingerprint density at radius 1 is 0.946 bits per heavy atom. The number of anilines is 2. The van der Waals surface area contributed by atoms with Gasteiger partial charge in [-0.2, -0.15) is 0 Å². The van der Waals surface area contributed by atoms with Crippen LogP contribution in [0.4, 0.5) is 16.2 Å². The third-order valence-electron chi connectivity index (χ3n) is 6.16. The van der Waals surface area contributed by atoms with Gasteiger partial charge in [0.05, 0.1) is 17.0 Å². The lowest BCUT2D eigenvalue weighted by atomic mass is 9.96. The van der Waals surface area contributed by atoms with E-state index in [1.807, 2.05) is 38.1 Å². The molecule has 0 atom stereocenters. The summed E-state index contributed by atoms with van der Waals surface area (Å²) in [7, 11) is 0. The van der Waals surface area contributed by atoms with Gasteiger partial charge in [0.15, 0.2) is 0 Å². The van der Waals surface area contributed by atoms with Gasteiger partial charge < -0.3 is 15.2 Å². The number of rotatable bonds is 7. The lowest BCUT2D eigenvalue weighted by Crippen LogP contribution is -2.60. The van der Waals surface area contributed by atoms with Crippen molar-refractivity contribution in [3.63, 3.8) is 0 Å². The summed E-state index contributed by atoms with van der Waals surface area (Å²) in [6, 6.07) is 14.6. The molecule has 2 aromatic carbocycles. The Hall–Kier alpha value is -2.94. The summed E-state index contributed by atoms with van der Waals surface area (Å²) in [6.07, 6.45) is -0.581. The number of ether oxygens (including phenoxy) is 1. The van der Waals surface area contributed by atoms with Gasteiger partial charge >= 0.3 is 6.09 Å². The summed E-state index contributed by atoms with van der Waals surface area (Å²) in [5.74, 6) is -0.259. The van der Waals surface area contributed by atoms with E-state index in [4.69, 9.17) is 4.74 Å². The second-order valence-electron chi connectivity index (χ2n) is 12.1. The van der Waals surface area contributed by atoms with Gasteiger partial charge in [-0.1, -0.05) is 24.3 Å². The molecule has 0 aliphatic carbocycles. The van der Waals surface area contributed by atoms with Crippen LogP contribution in [0.15, 0.2) is 48.5 Å². The number of carbonyl (C=O) groups is 2. The van der Waals surface area contributed by atoms with Crippen LogP contribution < -0.4 is 10.6 Å². The molecule has 0 unspecified atom stereocenters. The summed E-state index contributed by atoms with van der Waals surface area (Å²) in [5.41, 5.74) is 1.26. The van der Waals surface area contributed by atoms with E-state index in [2.05, 4.69) is 34.3 Å². The van der Waals surface area contributed by atoms with Crippen molar-refractivity contribution in [3.05, 3.63) is 59.7 Å². The zero-order valence-corrected chi connectivity index (χ0v) is 23.2. The molecule has 202 valence electrons. The molecule has 0 saturated carbocycles. The minimum Gasteiger partial charge on any atom is -0.444 e. The van der Waals surface area contributed by atoms with Crippen LogP contribution in [0.1, 0.15) is 64.4 Å². The number of amides is 2. The molecule has 0 aromatic heterocycles. The first kappa shape index (κ1) is 28.6. The van der Waals surface area contributed by atoms with Crippen molar-refractivity contribution >= 4 is 23.4 Å². The molecule has 2 aromatic rings. The summed E-state index contributed by atoms with van der Waals surface area (Å²) in [6.45, 7) is 17.7. The first-order valence-electron chi connectivity index (χ1n) is 12.8. The zero-order chi connectivity index (χ0) is 27.4. The van der Waals surface area contributed by atoms with Gasteiger partial charge in [0, 0.05) is 43.8 Å². The third kappa shape index (κ3) is 8.84. The van der Waals surface area contributed by atoms with E-state index >= 15 is 0 Å². The van der Waals surface area contributed by atoms with Crippen LogP contribution in [0.25, 0.3) is 0 Å². The molecule has 1 aliphatic heterocycles. The highest BCUT2D eigenvalue weighted by molar-refractivity contribution is 6.06. The fourth-order valence-corrected chi connectivity index (χ4v) is 4.56. The largest absolute Gasteiger partial charge is 0.444 e. The fraction of sp³-hybridized carbons (Fsp3) is 0.517. The molecule has 3 rings (SSSR count). The van der Waals surface area contributed by atoms with Crippen molar-refractivity contribution in [2.24, 2.45) is 0 Å². The van der Waals surface area contributed by atoms with E-state index in [1.165, 1.54) is 0 Å². The lowest BCUT2D eigenvalue weighted by Gasteiger charge is -2.48. The minimum absolute atomic E-state index is 0.0373. The number of piperazine rings is 1. The van der Waals surface area contributed by atoms with Crippen LogP contribution in [0, 0.1) is 0 Å². The highest BCUT2D eigenvalue weighted by Gasteiger charge is 2.35. The van der Waals surface area contributed by atoms with Gasteiger partial charge in [0.25, 0.3) is 5.91 Å². The van der Waals surface area contributed by atoms with Gasteiger partial charge in [0.2, 0.25) is 0 Å². The first-order chi connectivity index (χ1) is 17.1.